The summed E-state index contributed by atoms with van der Waals surface area (Å²) in [7, 11) is 0. The van der Waals surface area contributed by atoms with Crippen molar-refractivity contribution >= 4 is 5.91 Å². The number of ether oxygens (including phenoxy) is 1. The van der Waals surface area contributed by atoms with E-state index in [1.165, 1.54) is 0 Å². The van der Waals surface area contributed by atoms with Crippen LogP contribution < -0.4 is 11.1 Å². The summed E-state index contributed by atoms with van der Waals surface area (Å²) in [6.45, 7) is 6.88. The molecule has 1 aromatic rings. The van der Waals surface area contributed by atoms with Gasteiger partial charge in [0.2, 0.25) is 5.91 Å². The number of nitrogens with two attached hydrogens (primary N) is 1. The standard InChI is InChI=1S/C13H22N4O2/c1-7(2)11(14)13(18)17-10-6-19-5-9(10)12-15-4-8(3)16-12/h4,7,9-11H,5-6,14H2,1-3H3,(H,15,16)(H,17,18)/t9-,10-,11-/m0/s1. The van der Waals surface area contributed by atoms with E-state index in [-0.39, 0.29) is 23.8 Å². The molecule has 2 heterocycles. The summed E-state index contributed by atoms with van der Waals surface area (Å²) in [6, 6.07) is -0.553. The highest BCUT2D eigenvalue weighted by Gasteiger charge is 2.34. The Labute approximate surface area is 113 Å². The average Bonchev–Trinajstić information content (AvgIpc) is 2.96. The van der Waals surface area contributed by atoms with Gasteiger partial charge in [-0.25, -0.2) is 4.98 Å². The van der Waals surface area contributed by atoms with Gasteiger partial charge in [-0.3, -0.25) is 4.79 Å². The van der Waals surface area contributed by atoms with Gasteiger partial charge in [0.1, 0.15) is 5.82 Å². The third-order valence-corrected chi connectivity index (χ3v) is 3.50. The molecule has 0 saturated carbocycles. The lowest BCUT2D eigenvalue weighted by Crippen LogP contribution is -2.49. The van der Waals surface area contributed by atoms with Gasteiger partial charge in [-0.1, -0.05) is 13.8 Å². The van der Waals surface area contributed by atoms with Crippen molar-refractivity contribution in [2.75, 3.05) is 13.2 Å². The van der Waals surface area contributed by atoms with Crippen LogP contribution in [0.25, 0.3) is 0 Å². The van der Waals surface area contributed by atoms with Gasteiger partial charge in [0.15, 0.2) is 0 Å². The first-order valence-corrected chi connectivity index (χ1v) is 6.64. The van der Waals surface area contributed by atoms with Crippen molar-refractivity contribution in [3.05, 3.63) is 17.7 Å². The van der Waals surface area contributed by atoms with Crippen LogP contribution in [0.1, 0.15) is 31.3 Å². The van der Waals surface area contributed by atoms with E-state index in [1.807, 2.05) is 20.8 Å². The van der Waals surface area contributed by atoms with Gasteiger partial charge in [-0.2, -0.15) is 0 Å². The quantitative estimate of drug-likeness (QED) is 0.730. The van der Waals surface area contributed by atoms with Crippen LogP contribution >= 0.6 is 0 Å². The molecule has 0 radical (unpaired) electrons. The number of aromatic amines is 1. The molecule has 1 aromatic heterocycles. The van der Waals surface area contributed by atoms with E-state index >= 15 is 0 Å². The van der Waals surface area contributed by atoms with Gasteiger partial charge in [-0.05, 0) is 12.8 Å². The number of carbonyl (C=O) groups excluding carboxylic acids is 1. The Morgan fingerprint density at radius 1 is 1.58 bits per heavy atom. The molecule has 1 aliphatic rings. The first kappa shape index (κ1) is 14.0. The maximum absolute atomic E-state index is 12.0. The molecule has 4 N–H and O–H groups in total. The van der Waals surface area contributed by atoms with Gasteiger partial charge >= 0.3 is 0 Å². The highest BCUT2D eigenvalue weighted by Crippen LogP contribution is 2.23. The molecule has 19 heavy (non-hydrogen) atoms. The zero-order valence-corrected chi connectivity index (χ0v) is 11.6. The summed E-state index contributed by atoms with van der Waals surface area (Å²) in [6.07, 6.45) is 1.78. The predicted octanol–water partition coefficient (Wildman–Crippen LogP) is 0.300. The van der Waals surface area contributed by atoms with Crippen molar-refractivity contribution in [1.29, 1.82) is 0 Å². The normalized spacial score (nSPS) is 24.7. The zero-order valence-electron chi connectivity index (χ0n) is 11.6. The Hall–Kier alpha value is -1.40. The minimum Gasteiger partial charge on any atom is -0.378 e. The average molecular weight is 266 g/mol. The lowest BCUT2D eigenvalue weighted by atomic mass is 10.0. The third-order valence-electron chi connectivity index (χ3n) is 3.50. The number of amides is 1. The molecule has 106 valence electrons. The van der Waals surface area contributed by atoms with Crippen LogP contribution in [0, 0.1) is 12.8 Å². The molecule has 2 rings (SSSR count). The Kier molecular flexibility index (Phi) is 4.21. The molecular weight excluding hydrogens is 244 g/mol. The van der Waals surface area contributed by atoms with Crippen LogP contribution in [-0.4, -0.2) is 41.2 Å². The monoisotopic (exact) mass is 266 g/mol. The number of H-pyrrole nitrogens is 1. The summed E-state index contributed by atoms with van der Waals surface area (Å²) >= 11 is 0. The fraction of sp³-hybridized carbons (Fsp3) is 0.692. The summed E-state index contributed by atoms with van der Waals surface area (Å²) in [4.78, 5) is 19.5. The van der Waals surface area contributed by atoms with Gasteiger partial charge in [-0.15, -0.1) is 0 Å². The molecule has 1 fully saturated rings. The number of nitrogens with one attached hydrogen (secondary N) is 2. The predicted molar refractivity (Wildman–Crippen MR) is 71.6 cm³/mol. The van der Waals surface area contributed by atoms with Crippen LogP contribution in [0.5, 0.6) is 0 Å². The molecule has 0 aromatic carbocycles. The van der Waals surface area contributed by atoms with Gasteiger partial charge in [0, 0.05) is 11.9 Å². The Morgan fingerprint density at radius 2 is 2.32 bits per heavy atom. The number of hydrogen-bond donors (Lipinski definition) is 3. The molecule has 6 nitrogen and oxygen atoms in total. The second-order valence-electron chi connectivity index (χ2n) is 5.48. The lowest BCUT2D eigenvalue weighted by molar-refractivity contribution is -0.124. The van der Waals surface area contributed by atoms with Crippen molar-refractivity contribution in [2.24, 2.45) is 11.7 Å². The number of nitrogens with zero attached hydrogens (tertiary/aromatic N) is 1. The van der Waals surface area contributed by atoms with Crippen LogP contribution in [0.4, 0.5) is 0 Å². The lowest BCUT2D eigenvalue weighted by Gasteiger charge is -2.21. The smallest absolute Gasteiger partial charge is 0.237 e. The summed E-state index contributed by atoms with van der Waals surface area (Å²) in [5.74, 6) is 0.917. The summed E-state index contributed by atoms with van der Waals surface area (Å²) in [5, 5.41) is 2.97. The molecule has 0 bridgehead atoms. The molecule has 1 amide bonds. The first-order chi connectivity index (χ1) is 8.99. The van der Waals surface area contributed by atoms with Crippen molar-refractivity contribution in [3.63, 3.8) is 0 Å². The van der Waals surface area contributed by atoms with Crippen LogP contribution in [0.3, 0.4) is 0 Å². The summed E-state index contributed by atoms with van der Waals surface area (Å²) < 4.78 is 5.46. The van der Waals surface area contributed by atoms with Crippen LogP contribution in [0.2, 0.25) is 0 Å². The number of aryl methyl sites for hydroxylation is 1. The number of imidazole rings is 1. The molecular formula is C13H22N4O2. The number of rotatable bonds is 4. The van der Waals surface area contributed by atoms with E-state index in [4.69, 9.17) is 10.5 Å². The van der Waals surface area contributed by atoms with Crippen molar-refractivity contribution in [3.8, 4) is 0 Å². The fourth-order valence-corrected chi connectivity index (χ4v) is 2.17. The third kappa shape index (κ3) is 3.13. The molecule has 3 atom stereocenters. The number of hydrogen-bond acceptors (Lipinski definition) is 4. The van der Waals surface area contributed by atoms with Crippen molar-refractivity contribution < 1.29 is 9.53 Å². The molecule has 1 saturated heterocycles. The maximum atomic E-state index is 12.0. The van der Waals surface area contributed by atoms with Crippen molar-refractivity contribution in [2.45, 2.75) is 38.8 Å². The minimum absolute atomic E-state index is 0.0667. The molecule has 0 spiro atoms. The van der Waals surface area contributed by atoms with E-state index in [1.54, 1.807) is 6.20 Å². The van der Waals surface area contributed by atoms with Gasteiger partial charge in [0.05, 0.1) is 31.2 Å². The molecule has 0 aliphatic carbocycles. The highest BCUT2D eigenvalue weighted by molar-refractivity contribution is 5.82. The van der Waals surface area contributed by atoms with E-state index < -0.39 is 6.04 Å². The van der Waals surface area contributed by atoms with Gasteiger partial charge < -0.3 is 20.8 Å². The Balaban J connectivity index is 2.01. The van der Waals surface area contributed by atoms with Crippen molar-refractivity contribution in [1.82, 2.24) is 15.3 Å². The van der Waals surface area contributed by atoms with Gasteiger partial charge in [0.25, 0.3) is 0 Å². The molecule has 0 unspecified atom stereocenters. The molecule has 6 heteroatoms. The Morgan fingerprint density at radius 3 is 2.89 bits per heavy atom. The first-order valence-electron chi connectivity index (χ1n) is 6.64. The van der Waals surface area contributed by atoms with Crippen LogP contribution in [-0.2, 0) is 9.53 Å². The minimum atomic E-state index is -0.486. The Bertz CT molecular complexity index is 444. The van der Waals surface area contributed by atoms with E-state index in [0.717, 1.165) is 11.5 Å². The maximum Gasteiger partial charge on any atom is 0.237 e. The zero-order chi connectivity index (χ0) is 14.0. The van der Waals surface area contributed by atoms with E-state index in [9.17, 15) is 4.79 Å². The van der Waals surface area contributed by atoms with Crippen LogP contribution in [0.15, 0.2) is 6.20 Å². The second-order valence-corrected chi connectivity index (χ2v) is 5.48. The highest BCUT2D eigenvalue weighted by atomic mass is 16.5. The largest absolute Gasteiger partial charge is 0.378 e. The molecule has 1 aliphatic heterocycles. The summed E-state index contributed by atoms with van der Waals surface area (Å²) in [5.41, 5.74) is 6.86. The number of aromatic nitrogens is 2. The van der Waals surface area contributed by atoms with E-state index in [2.05, 4.69) is 15.3 Å². The second kappa shape index (κ2) is 5.71. The fourth-order valence-electron chi connectivity index (χ4n) is 2.17. The topological polar surface area (TPSA) is 93.0 Å². The SMILES string of the molecule is Cc1cnc([C@H]2COC[C@@H]2NC(=O)[C@@H](N)C(C)C)[nH]1. The number of carbonyl (C=O) groups is 1. The van der Waals surface area contributed by atoms with E-state index in [0.29, 0.717) is 13.2 Å².